The van der Waals surface area contributed by atoms with Crippen LogP contribution in [0, 0.1) is 38.4 Å². The van der Waals surface area contributed by atoms with E-state index in [0.29, 0.717) is 0 Å². The molecule has 0 aliphatic heterocycles. The lowest BCUT2D eigenvalue weighted by atomic mass is 9.88. The smallest absolute Gasteiger partial charge is 0.319 e. The van der Waals surface area contributed by atoms with Crippen LogP contribution in [0.15, 0.2) is 12.3 Å². The van der Waals surface area contributed by atoms with Gasteiger partial charge in [0.2, 0.25) is 0 Å². The summed E-state index contributed by atoms with van der Waals surface area (Å²) in [5, 5.41) is 0. The van der Waals surface area contributed by atoms with Gasteiger partial charge in [0.1, 0.15) is 84.0 Å². The third kappa shape index (κ3) is 36.2. The van der Waals surface area contributed by atoms with Gasteiger partial charge in [0.15, 0.2) is 0 Å². The molecule has 2 unspecified atom stereocenters. The molecule has 540 valence electrons. The van der Waals surface area contributed by atoms with Crippen molar-refractivity contribution in [3.8, 4) is 0 Å². The molecular formula is C71H130O21. The Balaban J connectivity index is 7.96. The SMILES string of the molecule is C=C(OCC(C)(COC(=O)C(C)(COC(=O)C(COC(C)(C)C)COC(C)(C)C)COC(=O)C(C)(COC(C)(C)C)COC(C)(C)C)C(=O)OC(C)(C)C)C(C)(COC(=O)C(C)(COC(C)(C)C)COC(C)(C)C)COC(=O)C(C)(COC(C)(C)C)COC(C)(C)C. The standard InChI is InChI=1S/C71H130O21/c1-49(66(29,37-80-53(74)69(32,43-86-59(8,9)10)44-87-60(11,12)13)38-81-54(75)70(33,45-88-61(14,15)16)46-89-62(17,18)19)78-39-68(31,56(77)92-65(26,27)28)42-83-52(73)67(30,40-79-51(72)50(35-84-57(2,3)4)36-85-58(5,6)7)41-82-55(76)71(34,47-90-63(20,21)22)48-91-64(23,24)25/h50H,1,35-48H2,2-34H3. The third-order valence-electron chi connectivity index (χ3n) is 13.4. The van der Waals surface area contributed by atoms with Crippen molar-refractivity contribution in [2.75, 3.05) is 92.5 Å². The van der Waals surface area contributed by atoms with Crippen LogP contribution in [-0.4, -0.2) is 179 Å². The maximum atomic E-state index is 15.0. The minimum Gasteiger partial charge on any atom is -0.496 e. The molecule has 0 amide bonds. The van der Waals surface area contributed by atoms with Crippen LogP contribution in [0.2, 0.25) is 0 Å². The van der Waals surface area contributed by atoms with Crippen molar-refractivity contribution in [1.82, 2.24) is 0 Å². The normalized spacial score (nSPS) is 15.2. The van der Waals surface area contributed by atoms with Crippen molar-refractivity contribution in [2.45, 2.75) is 279 Å². The van der Waals surface area contributed by atoms with Gasteiger partial charge in [-0.3, -0.25) is 28.8 Å². The van der Waals surface area contributed by atoms with Gasteiger partial charge >= 0.3 is 35.8 Å². The Morgan fingerprint density at radius 3 is 0.663 bits per heavy atom. The van der Waals surface area contributed by atoms with Crippen molar-refractivity contribution >= 4 is 35.8 Å². The molecule has 0 rings (SSSR count). The van der Waals surface area contributed by atoms with Gasteiger partial charge in [-0.25, -0.2) is 0 Å². The Morgan fingerprint density at radius 2 is 0.435 bits per heavy atom. The molecule has 21 heteroatoms. The highest BCUT2D eigenvalue weighted by Gasteiger charge is 2.49. The average molecular weight is 1320 g/mol. The Hall–Kier alpha value is -3.96. The van der Waals surface area contributed by atoms with Crippen LogP contribution >= 0.6 is 0 Å². The summed E-state index contributed by atoms with van der Waals surface area (Å²) in [6.07, 6.45) is 0. The molecule has 0 bridgehead atoms. The predicted molar refractivity (Wildman–Crippen MR) is 354 cm³/mol. The number of ether oxygens (including phenoxy) is 15. The summed E-state index contributed by atoms with van der Waals surface area (Å²) in [5.41, 5.74) is -15.7. The predicted octanol–water partition coefficient (Wildman–Crippen LogP) is 12.7. The quantitative estimate of drug-likeness (QED) is 0.0322. The highest BCUT2D eigenvalue weighted by Crippen LogP contribution is 2.37. The van der Waals surface area contributed by atoms with E-state index < -0.39 is 164 Å². The molecule has 0 aromatic rings. The lowest BCUT2D eigenvalue weighted by Crippen LogP contribution is -2.48. The summed E-state index contributed by atoms with van der Waals surface area (Å²) in [6, 6.07) is 0. The first-order valence-electron chi connectivity index (χ1n) is 32.2. The summed E-state index contributed by atoms with van der Waals surface area (Å²) in [5.74, 6) is -5.89. The van der Waals surface area contributed by atoms with Gasteiger partial charge < -0.3 is 71.1 Å². The van der Waals surface area contributed by atoms with E-state index in [2.05, 4.69) is 6.58 Å². The fourth-order valence-corrected chi connectivity index (χ4v) is 6.91. The van der Waals surface area contributed by atoms with Gasteiger partial charge in [-0.2, -0.15) is 0 Å². The van der Waals surface area contributed by atoms with Gasteiger partial charge in [0.25, 0.3) is 0 Å². The molecule has 2 atom stereocenters. The van der Waals surface area contributed by atoms with Gasteiger partial charge in [0, 0.05) is 0 Å². The second kappa shape index (κ2) is 33.3. The van der Waals surface area contributed by atoms with E-state index >= 15 is 4.79 Å². The van der Waals surface area contributed by atoms with Crippen molar-refractivity contribution in [3.63, 3.8) is 0 Å². The monoisotopic (exact) mass is 1320 g/mol. The fourth-order valence-electron chi connectivity index (χ4n) is 6.91. The van der Waals surface area contributed by atoms with Crippen molar-refractivity contribution in [3.05, 3.63) is 12.3 Å². The largest absolute Gasteiger partial charge is 0.496 e. The third-order valence-corrected chi connectivity index (χ3v) is 13.4. The van der Waals surface area contributed by atoms with Crippen LogP contribution in [0.1, 0.15) is 228 Å². The van der Waals surface area contributed by atoms with Crippen LogP contribution in [0.5, 0.6) is 0 Å². The van der Waals surface area contributed by atoms with E-state index in [9.17, 15) is 24.0 Å². The van der Waals surface area contributed by atoms with Crippen LogP contribution in [0.3, 0.4) is 0 Å². The second-order valence-electron chi connectivity index (χ2n) is 35.4. The summed E-state index contributed by atoms with van der Waals surface area (Å²) >= 11 is 0. The van der Waals surface area contributed by atoms with Crippen LogP contribution in [0.4, 0.5) is 0 Å². The highest BCUT2D eigenvalue weighted by atomic mass is 16.6. The van der Waals surface area contributed by atoms with E-state index in [-0.39, 0.29) is 58.6 Å². The van der Waals surface area contributed by atoms with E-state index in [0.717, 1.165) is 0 Å². The highest BCUT2D eigenvalue weighted by molar-refractivity contribution is 5.82. The Morgan fingerprint density at radius 1 is 0.239 bits per heavy atom. The van der Waals surface area contributed by atoms with E-state index in [4.69, 9.17) is 71.1 Å². The molecule has 21 nitrogen and oxygen atoms in total. The molecule has 0 N–H and O–H groups in total. The fraction of sp³-hybridized carbons (Fsp3) is 0.887. The zero-order valence-electron chi connectivity index (χ0n) is 63.8. The first kappa shape index (κ1) is 88.0. The van der Waals surface area contributed by atoms with Crippen molar-refractivity contribution in [2.24, 2.45) is 38.4 Å². The Bertz CT molecular complexity index is 2230. The first-order chi connectivity index (χ1) is 40.7. The zero-order valence-corrected chi connectivity index (χ0v) is 63.8. The second-order valence-corrected chi connectivity index (χ2v) is 35.4. The Labute approximate surface area is 555 Å². The number of carbonyl (C=O) groups is 6. The number of carbonyl (C=O) groups excluding carboxylic acids is 6. The van der Waals surface area contributed by atoms with Gasteiger partial charge in [0.05, 0.1) is 103 Å². The zero-order chi connectivity index (χ0) is 72.6. The average Bonchev–Trinajstić information content (AvgIpc) is 0.860. The minimum absolute atomic E-state index is 0.0805. The molecule has 0 saturated heterocycles. The van der Waals surface area contributed by atoms with Crippen molar-refractivity contribution in [1.29, 1.82) is 0 Å². The molecule has 0 saturated carbocycles. The van der Waals surface area contributed by atoms with E-state index in [1.807, 2.05) is 166 Å². The molecule has 0 aliphatic rings. The summed E-state index contributed by atoms with van der Waals surface area (Å²) < 4.78 is 91.8. The molecule has 92 heavy (non-hydrogen) atoms. The Kier molecular flexibility index (Phi) is 31.9. The molecule has 0 heterocycles. The number of hydrogen-bond donors (Lipinski definition) is 0. The molecule has 0 spiro atoms. The maximum absolute atomic E-state index is 15.0. The van der Waals surface area contributed by atoms with Gasteiger partial charge in [-0.15, -0.1) is 0 Å². The summed E-state index contributed by atoms with van der Waals surface area (Å²) in [7, 11) is 0. The topological polar surface area (TPSA) is 241 Å². The number of rotatable bonds is 36. The maximum Gasteiger partial charge on any atom is 0.319 e. The van der Waals surface area contributed by atoms with Crippen LogP contribution < -0.4 is 0 Å². The minimum atomic E-state index is -1.94. The molecule has 0 fully saturated rings. The first-order valence-corrected chi connectivity index (χ1v) is 32.2. The summed E-state index contributed by atoms with van der Waals surface area (Å²) in [4.78, 5) is 87.3. The summed E-state index contributed by atoms with van der Waals surface area (Å²) in [6.45, 7) is 58.8. The number of hydrogen-bond acceptors (Lipinski definition) is 21. The molecule has 0 radical (unpaired) electrons. The lowest BCUT2D eigenvalue weighted by molar-refractivity contribution is -0.186. The molecule has 0 aromatic carbocycles. The molecular weight excluding hydrogens is 1190 g/mol. The van der Waals surface area contributed by atoms with Gasteiger partial charge in [-0.1, -0.05) is 6.58 Å². The number of esters is 6. The van der Waals surface area contributed by atoms with E-state index in [1.54, 1.807) is 48.5 Å². The van der Waals surface area contributed by atoms with Crippen LogP contribution in [0.25, 0.3) is 0 Å². The molecule has 0 aliphatic carbocycles. The lowest BCUT2D eigenvalue weighted by Gasteiger charge is -2.38. The molecule has 0 aromatic heterocycles. The van der Waals surface area contributed by atoms with E-state index in [1.165, 1.54) is 13.8 Å². The van der Waals surface area contributed by atoms with Gasteiger partial charge in [-0.05, 0) is 228 Å². The van der Waals surface area contributed by atoms with Crippen molar-refractivity contribution < 1.29 is 99.8 Å². The van der Waals surface area contributed by atoms with Crippen LogP contribution in [-0.2, 0) is 99.8 Å².